The van der Waals surface area contributed by atoms with Crippen molar-refractivity contribution in [1.82, 2.24) is 4.57 Å². The van der Waals surface area contributed by atoms with Crippen molar-refractivity contribution in [2.75, 3.05) is 6.61 Å². The first-order valence-corrected chi connectivity index (χ1v) is 5.88. The van der Waals surface area contributed by atoms with Crippen molar-refractivity contribution in [2.24, 2.45) is 0 Å². The average Bonchev–Trinajstić information content (AvgIpc) is 2.40. The molecule has 0 saturated heterocycles. The third kappa shape index (κ3) is 4.15. The molecule has 0 N–H and O–H groups in total. The molecule has 0 amide bonds. The maximum Gasteiger partial charge on any atom is 0.422 e. The first-order valence-electron chi connectivity index (χ1n) is 5.88. The zero-order valence-corrected chi connectivity index (χ0v) is 10.4. The van der Waals surface area contributed by atoms with Gasteiger partial charge in [0.25, 0.3) is 5.56 Å². The molecule has 0 aliphatic heterocycles. The number of benzene rings is 1. The van der Waals surface area contributed by atoms with Gasteiger partial charge in [-0.2, -0.15) is 13.2 Å². The summed E-state index contributed by atoms with van der Waals surface area (Å²) in [6.45, 7) is -0.955. The highest BCUT2D eigenvalue weighted by molar-refractivity contribution is 5.27. The van der Waals surface area contributed by atoms with Gasteiger partial charge < -0.3 is 9.30 Å². The molecule has 0 radical (unpaired) electrons. The minimum absolute atomic E-state index is 0.134. The zero-order chi connectivity index (χ0) is 14.6. The fraction of sp³-hybridized carbons (Fsp3) is 0.214. The Kier molecular flexibility index (Phi) is 4.12. The van der Waals surface area contributed by atoms with Crippen molar-refractivity contribution in [3.05, 3.63) is 64.6 Å². The minimum Gasteiger partial charge on any atom is -0.484 e. The van der Waals surface area contributed by atoms with E-state index in [0.29, 0.717) is 6.54 Å². The molecular formula is C14H12F3NO2. The summed E-state index contributed by atoms with van der Waals surface area (Å²) in [6.07, 6.45) is -2.70. The molecule has 2 rings (SSSR count). The average molecular weight is 283 g/mol. The fourth-order valence-corrected chi connectivity index (χ4v) is 1.64. The number of rotatable bonds is 4. The highest BCUT2D eigenvalue weighted by atomic mass is 19.4. The van der Waals surface area contributed by atoms with Crippen LogP contribution in [0.1, 0.15) is 5.56 Å². The summed E-state index contributed by atoms with van der Waals surface area (Å²) in [5.74, 6) is 0.145. The molecule has 0 aliphatic rings. The zero-order valence-electron chi connectivity index (χ0n) is 10.4. The Hall–Kier alpha value is -2.24. The van der Waals surface area contributed by atoms with E-state index in [0.717, 1.165) is 5.56 Å². The molecule has 1 aromatic heterocycles. The molecule has 0 spiro atoms. The number of nitrogens with zero attached hydrogens (tertiary/aromatic N) is 1. The molecule has 1 aromatic carbocycles. The Bertz CT molecular complexity index is 617. The molecule has 106 valence electrons. The number of ether oxygens (including phenoxy) is 1. The molecule has 6 heteroatoms. The van der Waals surface area contributed by atoms with Crippen LogP contribution in [0.5, 0.6) is 5.75 Å². The van der Waals surface area contributed by atoms with Gasteiger partial charge in [0.15, 0.2) is 6.61 Å². The number of hydrogen-bond donors (Lipinski definition) is 0. The quantitative estimate of drug-likeness (QED) is 0.864. The van der Waals surface area contributed by atoms with Crippen LogP contribution < -0.4 is 10.3 Å². The van der Waals surface area contributed by atoms with Gasteiger partial charge in [0.1, 0.15) is 5.75 Å². The van der Waals surface area contributed by atoms with E-state index in [-0.39, 0.29) is 11.3 Å². The summed E-state index contributed by atoms with van der Waals surface area (Å²) < 4.78 is 42.1. The first-order chi connectivity index (χ1) is 9.44. The first kappa shape index (κ1) is 14.2. The van der Waals surface area contributed by atoms with Crippen molar-refractivity contribution < 1.29 is 17.9 Å². The second-order valence-electron chi connectivity index (χ2n) is 4.21. The Balaban J connectivity index is 2.02. The van der Waals surface area contributed by atoms with Crippen LogP contribution >= 0.6 is 0 Å². The third-order valence-electron chi connectivity index (χ3n) is 2.58. The third-order valence-corrected chi connectivity index (χ3v) is 2.58. The monoisotopic (exact) mass is 283 g/mol. The van der Waals surface area contributed by atoms with Crippen LogP contribution in [-0.4, -0.2) is 17.4 Å². The van der Waals surface area contributed by atoms with Crippen LogP contribution in [0.4, 0.5) is 13.2 Å². The van der Waals surface area contributed by atoms with Gasteiger partial charge in [-0.3, -0.25) is 4.79 Å². The minimum atomic E-state index is -4.35. The van der Waals surface area contributed by atoms with E-state index in [1.807, 2.05) is 0 Å². The summed E-state index contributed by atoms with van der Waals surface area (Å²) in [6, 6.07) is 11.0. The summed E-state index contributed by atoms with van der Waals surface area (Å²) in [4.78, 5) is 11.5. The molecule has 0 aliphatic carbocycles. The highest BCUT2D eigenvalue weighted by Gasteiger charge is 2.28. The predicted molar refractivity (Wildman–Crippen MR) is 67.8 cm³/mol. The second-order valence-corrected chi connectivity index (χ2v) is 4.21. The van der Waals surface area contributed by atoms with Crippen molar-refractivity contribution >= 4 is 0 Å². The van der Waals surface area contributed by atoms with E-state index in [9.17, 15) is 18.0 Å². The molecule has 0 unspecified atom stereocenters. The Labute approximate surface area is 113 Å². The Morgan fingerprint density at radius 3 is 2.35 bits per heavy atom. The molecule has 1 heterocycles. The molecule has 2 aromatic rings. The summed E-state index contributed by atoms with van der Waals surface area (Å²) in [5, 5.41) is 0. The lowest BCUT2D eigenvalue weighted by Gasteiger charge is -2.10. The summed E-state index contributed by atoms with van der Waals surface area (Å²) in [7, 11) is 0. The lowest BCUT2D eigenvalue weighted by Crippen LogP contribution is -2.19. The standard InChI is InChI=1S/C14H12F3NO2/c15-14(16,17)10-20-12-6-4-11(5-7-12)9-18-8-2-1-3-13(18)19/h1-8H,9-10H2. The molecule has 0 fully saturated rings. The molecule has 0 saturated carbocycles. The predicted octanol–water partition coefficient (Wildman–Crippen LogP) is 2.84. The van der Waals surface area contributed by atoms with Crippen molar-refractivity contribution in [1.29, 1.82) is 0 Å². The van der Waals surface area contributed by atoms with Gasteiger partial charge in [-0.25, -0.2) is 0 Å². The number of pyridine rings is 1. The molecule has 0 bridgehead atoms. The molecule has 3 nitrogen and oxygen atoms in total. The van der Waals surface area contributed by atoms with E-state index >= 15 is 0 Å². The van der Waals surface area contributed by atoms with Crippen LogP contribution in [0.25, 0.3) is 0 Å². The smallest absolute Gasteiger partial charge is 0.422 e. The van der Waals surface area contributed by atoms with E-state index < -0.39 is 12.8 Å². The lowest BCUT2D eigenvalue weighted by molar-refractivity contribution is -0.153. The van der Waals surface area contributed by atoms with Crippen LogP contribution in [0.2, 0.25) is 0 Å². The number of hydrogen-bond acceptors (Lipinski definition) is 2. The normalized spacial score (nSPS) is 11.3. The van der Waals surface area contributed by atoms with Gasteiger partial charge in [0, 0.05) is 12.3 Å². The van der Waals surface area contributed by atoms with E-state index in [4.69, 9.17) is 0 Å². The highest BCUT2D eigenvalue weighted by Crippen LogP contribution is 2.18. The van der Waals surface area contributed by atoms with Gasteiger partial charge in [0.05, 0.1) is 6.54 Å². The topological polar surface area (TPSA) is 31.2 Å². The number of alkyl halides is 3. The van der Waals surface area contributed by atoms with Gasteiger partial charge in [-0.05, 0) is 23.8 Å². The van der Waals surface area contributed by atoms with Crippen LogP contribution in [0.3, 0.4) is 0 Å². The molecule has 20 heavy (non-hydrogen) atoms. The number of halogens is 3. The maximum absolute atomic E-state index is 12.0. The molecule has 0 atom stereocenters. The van der Waals surface area contributed by atoms with Crippen LogP contribution in [0, 0.1) is 0 Å². The van der Waals surface area contributed by atoms with Crippen LogP contribution in [-0.2, 0) is 6.54 Å². The van der Waals surface area contributed by atoms with E-state index in [2.05, 4.69) is 4.74 Å². The van der Waals surface area contributed by atoms with Crippen molar-refractivity contribution in [3.8, 4) is 5.75 Å². The fourth-order valence-electron chi connectivity index (χ4n) is 1.64. The van der Waals surface area contributed by atoms with Gasteiger partial charge in [0.2, 0.25) is 0 Å². The number of aromatic nitrogens is 1. The van der Waals surface area contributed by atoms with Gasteiger partial charge in [-0.1, -0.05) is 18.2 Å². The SMILES string of the molecule is O=c1ccccn1Cc1ccc(OCC(F)(F)F)cc1. The van der Waals surface area contributed by atoms with Crippen LogP contribution in [0.15, 0.2) is 53.5 Å². The van der Waals surface area contributed by atoms with E-state index in [1.165, 1.54) is 22.8 Å². The Morgan fingerprint density at radius 2 is 1.75 bits per heavy atom. The maximum atomic E-state index is 12.0. The van der Waals surface area contributed by atoms with Gasteiger partial charge >= 0.3 is 6.18 Å². The van der Waals surface area contributed by atoms with E-state index in [1.54, 1.807) is 30.5 Å². The van der Waals surface area contributed by atoms with Gasteiger partial charge in [-0.15, -0.1) is 0 Å². The summed E-state index contributed by atoms with van der Waals surface area (Å²) in [5.41, 5.74) is 0.669. The summed E-state index contributed by atoms with van der Waals surface area (Å²) >= 11 is 0. The largest absolute Gasteiger partial charge is 0.484 e. The Morgan fingerprint density at radius 1 is 1.05 bits per heavy atom. The van der Waals surface area contributed by atoms with Crippen molar-refractivity contribution in [2.45, 2.75) is 12.7 Å². The second kappa shape index (κ2) is 5.81. The molecular weight excluding hydrogens is 271 g/mol. The van der Waals surface area contributed by atoms with Crippen molar-refractivity contribution in [3.63, 3.8) is 0 Å². The lowest BCUT2D eigenvalue weighted by atomic mass is 10.2.